The molecule has 3 aromatic rings. The van der Waals surface area contributed by atoms with E-state index in [1.54, 1.807) is 24.1 Å². The highest BCUT2D eigenvalue weighted by atomic mass is 32.2. The van der Waals surface area contributed by atoms with E-state index in [2.05, 4.69) is 10.2 Å². The summed E-state index contributed by atoms with van der Waals surface area (Å²) >= 11 is 1.16. The smallest absolute Gasteiger partial charge is 0.233 e. The van der Waals surface area contributed by atoms with Gasteiger partial charge in [0.1, 0.15) is 18.1 Å². The van der Waals surface area contributed by atoms with E-state index in [0.717, 1.165) is 17.3 Å². The molecular weight excluding hydrogens is 444 g/mol. The molecule has 0 bridgehead atoms. The molecule has 0 atom stereocenters. The Bertz CT molecular complexity index is 1080. The van der Waals surface area contributed by atoms with Crippen LogP contribution in [0.25, 0.3) is 0 Å². The summed E-state index contributed by atoms with van der Waals surface area (Å²) in [5.41, 5.74) is 6.23. The van der Waals surface area contributed by atoms with E-state index < -0.39 is 5.91 Å². The highest BCUT2D eigenvalue weighted by Crippen LogP contribution is 2.21. The number of nitrogens with zero attached hydrogens (tertiary/aromatic N) is 4. The van der Waals surface area contributed by atoms with Gasteiger partial charge in [-0.05, 0) is 17.7 Å². The van der Waals surface area contributed by atoms with Gasteiger partial charge in [-0.25, -0.2) is 4.68 Å². The van der Waals surface area contributed by atoms with Gasteiger partial charge in [-0.1, -0.05) is 48.2 Å². The molecule has 11 heteroatoms. The van der Waals surface area contributed by atoms with E-state index in [4.69, 9.17) is 21.1 Å². The first-order chi connectivity index (χ1) is 16.0. The lowest BCUT2D eigenvalue weighted by atomic mass is 10.2. The van der Waals surface area contributed by atoms with Crippen LogP contribution < -0.4 is 21.1 Å². The Kier molecular flexibility index (Phi) is 8.53. The van der Waals surface area contributed by atoms with Crippen LogP contribution in [0.1, 0.15) is 17.8 Å². The Hall–Kier alpha value is -3.73. The molecule has 0 aliphatic rings. The summed E-state index contributed by atoms with van der Waals surface area (Å²) in [7, 11) is 1.58. The number of amides is 2. The maximum Gasteiger partial charge on any atom is 0.233 e. The second-order valence-electron chi connectivity index (χ2n) is 7.04. The molecule has 33 heavy (non-hydrogen) atoms. The molecule has 0 spiro atoms. The molecule has 174 valence electrons. The number of carbonyl (C=O) groups is 2. The number of nitrogen functional groups attached to an aromatic ring is 1. The third-order valence-corrected chi connectivity index (χ3v) is 5.59. The van der Waals surface area contributed by atoms with Crippen molar-refractivity contribution in [1.82, 2.24) is 19.8 Å². The molecule has 1 aromatic heterocycles. The zero-order chi connectivity index (χ0) is 23.6. The van der Waals surface area contributed by atoms with E-state index in [9.17, 15) is 9.59 Å². The molecule has 3 rings (SSSR count). The van der Waals surface area contributed by atoms with E-state index in [0.29, 0.717) is 29.0 Å². The van der Waals surface area contributed by atoms with Gasteiger partial charge in [0.05, 0.1) is 12.9 Å². The molecule has 0 saturated carbocycles. The van der Waals surface area contributed by atoms with Crippen LogP contribution in [0.3, 0.4) is 0 Å². The lowest BCUT2D eigenvalue weighted by molar-refractivity contribution is -0.129. The first-order valence-corrected chi connectivity index (χ1v) is 11.1. The topological polar surface area (TPSA) is 139 Å². The van der Waals surface area contributed by atoms with Crippen molar-refractivity contribution in [3.05, 3.63) is 66.0 Å². The molecule has 0 radical (unpaired) electrons. The third-order valence-electron chi connectivity index (χ3n) is 4.67. The van der Waals surface area contributed by atoms with E-state index in [1.807, 2.05) is 42.5 Å². The second kappa shape index (κ2) is 11.8. The number of benzene rings is 2. The van der Waals surface area contributed by atoms with Gasteiger partial charge in [0.15, 0.2) is 5.82 Å². The van der Waals surface area contributed by atoms with Crippen LogP contribution in [0.2, 0.25) is 0 Å². The fraction of sp³-hybridized carbons (Fsp3) is 0.273. The molecular formula is C22H26N6O4S. The van der Waals surface area contributed by atoms with Crippen LogP contribution in [-0.4, -0.2) is 51.0 Å². The lowest BCUT2D eigenvalue weighted by Crippen LogP contribution is -2.35. The maximum absolute atomic E-state index is 12.8. The first kappa shape index (κ1) is 23.9. The number of carbonyl (C=O) groups excluding carboxylic acids is 2. The van der Waals surface area contributed by atoms with Crippen LogP contribution in [-0.2, 0) is 22.7 Å². The number of hydrogen-bond acceptors (Lipinski definition) is 8. The lowest BCUT2D eigenvalue weighted by Gasteiger charge is -2.22. The number of hydrogen-bond donors (Lipinski definition) is 2. The van der Waals surface area contributed by atoms with Crippen LogP contribution in [0.15, 0.2) is 59.8 Å². The third kappa shape index (κ3) is 7.14. The van der Waals surface area contributed by atoms with Crippen molar-refractivity contribution in [3.63, 3.8) is 0 Å². The predicted molar refractivity (Wildman–Crippen MR) is 124 cm³/mol. The summed E-state index contributed by atoms with van der Waals surface area (Å²) in [4.78, 5) is 25.7. The normalized spacial score (nSPS) is 10.6. The molecule has 0 saturated heterocycles. The van der Waals surface area contributed by atoms with Gasteiger partial charge in [-0.3, -0.25) is 9.59 Å². The number of nitrogens with two attached hydrogens (primary N) is 2. The van der Waals surface area contributed by atoms with Crippen LogP contribution in [0.5, 0.6) is 11.5 Å². The number of primary amides is 1. The van der Waals surface area contributed by atoms with Crippen LogP contribution in [0, 0.1) is 0 Å². The van der Waals surface area contributed by atoms with E-state index in [-0.39, 0.29) is 31.2 Å². The van der Waals surface area contributed by atoms with Gasteiger partial charge >= 0.3 is 0 Å². The summed E-state index contributed by atoms with van der Waals surface area (Å²) < 4.78 is 12.2. The molecule has 0 aliphatic heterocycles. The van der Waals surface area contributed by atoms with Gasteiger partial charge in [0.2, 0.25) is 17.0 Å². The van der Waals surface area contributed by atoms with Crippen molar-refractivity contribution in [2.24, 2.45) is 5.73 Å². The molecule has 0 fully saturated rings. The molecule has 0 unspecified atom stereocenters. The molecule has 10 nitrogen and oxygen atoms in total. The number of aromatic nitrogens is 3. The van der Waals surface area contributed by atoms with Gasteiger partial charge in [0.25, 0.3) is 0 Å². The molecule has 1 heterocycles. The number of rotatable bonds is 12. The average molecular weight is 471 g/mol. The summed E-state index contributed by atoms with van der Waals surface area (Å²) in [6.45, 7) is 0.713. The predicted octanol–water partition coefficient (Wildman–Crippen LogP) is 1.58. The van der Waals surface area contributed by atoms with Crippen LogP contribution in [0.4, 0.5) is 0 Å². The van der Waals surface area contributed by atoms with Crippen molar-refractivity contribution in [2.45, 2.75) is 24.7 Å². The fourth-order valence-electron chi connectivity index (χ4n) is 2.90. The Morgan fingerprint density at radius 3 is 2.58 bits per heavy atom. The van der Waals surface area contributed by atoms with Crippen LogP contribution >= 0.6 is 11.8 Å². The monoisotopic (exact) mass is 470 g/mol. The van der Waals surface area contributed by atoms with E-state index in [1.165, 1.54) is 4.68 Å². The number of ether oxygens (including phenoxy) is 2. The largest absolute Gasteiger partial charge is 0.497 e. The number of methoxy groups -OCH3 is 1. The highest BCUT2D eigenvalue weighted by molar-refractivity contribution is 7.99. The van der Waals surface area contributed by atoms with Crippen molar-refractivity contribution in [2.75, 3.05) is 25.3 Å². The zero-order valence-electron chi connectivity index (χ0n) is 18.2. The van der Waals surface area contributed by atoms with Crippen molar-refractivity contribution >= 4 is 23.6 Å². The first-order valence-electron chi connectivity index (χ1n) is 10.1. The van der Waals surface area contributed by atoms with Gasteiger partial charge in [-0.15, -0.1) is 10.2 Å². The SMILES string of the molecule is COc1cccc(OCc2nnc(SCC(=O)N(CCC(N)=O)Cc3ccccc3)n2N)c1. The molecule has 0 aliphatic carbocycles. The zero-order valence-corrected chi connectivity index (χ0v) is 19.0. The average Bonchev–Trinajstić information content (AvgIpc) is 3.18. The highest BCUT2D eigenvalue weighted by Gasteiger charge is 2.18. The quantitative estimate of drug-likeness (QED) is 0.300. The number of thioether (sulfide) groups is 1. The second-order valence-corrected chi connectivity index (χ2v) is 7.98. The fourth-order valence-corrected chi connectivity index (χ4v) is 3.68. The maximum atomic E-state index is 12.8. The minimum absolute atomic E-state index is 0.0810. The van der Waals surface area contributed by atoms with Gasteiger partial charge < -0.3 is 25.9 Å². The van der Waals surface area contributed by atoms with Gasteiger partial charge in [0, 0.05) is 25.6 Å². The van der Waals surface area contributed by atoms with Crippen molar-refractivity contribution < 1.29 is 19.1 Å². The summed E-state index contributed by atoms with van der Waals surface area (Å²) in [5.74, 6) is 7.23. The van der Waals surface area contributed by atoms with Crippen molar-refractivity contribution in [1.29, 1.82) is 0 Å². The summed E-state index contributed by atoms with van der Waals surface area (Å²) in [6.07, 6.45) is 0.0854. The Morgan fingerprint density at radius 1 is 1.09 bits per heavy atom. The Balaban J connectivity index is 1.58. The van der Waals surface area contributed by atoms with Gasteiger partial charge in [-0.2, -0.15) is 0 Å². The summed E-state index contributed by atoms with van der Waals surface area (Å²) in [6, 6.07) is 16.7. The molecule has 2 amide bonds. The standard InChI is InChI=1S/C22H26N6O4S/c1-31-17-8-5-9-18(12-17)32-14-20-25-26-22(28(20)24)33-15-21(30)27(11-10-19(23)29)13-16-6-3-2-4-7-16/h2-9,12H,10-11,13-15,24H2,1H3,(H2,23,29). The van der Waals surface area contributed by atoms with Crippen molar-refractivity contribution in [3.8, 4) is 11.5 Å². The molecule has 2 aromatic carbocycles. The molecule has 4 N–H and O–H groups in total. The Morgan fingerprint density at radius 2 is 1.85 bits per heavy atom. The minimum Gasteiger partial charge on any atom is -0.497 e. The summed E-state index contributed by atoms with van der Waals surface area (Å²) in [5, 5.41) is 8.48. The minimum atomic E-state index is -0.462. The van der Waals surface area contributed by atoms with E-state index >= 15 is 0 Å². The Labute approximate surface area is 195 Å².